The zero-order valence-electron chi connectivity index (χ0n) is 10.5. The summed E-state index contributed by atoms with van der Waals surface area (Å²) in [5, 5.41) is 6.36. The molecule has 4 nitrogen and oxygen atoms in total. The van der Waals surface area contributed by atoms with Gasteiger partial charge in [-0.2, -0.15) is 0 Å². The summed E-state index contributed by atoms with van der Waals surface area (Å²) < 4.78 is 0. The Hall–Kier alpha value is -1.88. The summed E-state index contributed by atoms with van der Waals surface area (Å²) >= 11 is 1.64. The Morgan fingerprint density at radius 2 is 2.16 bits per heavy atom. The van der Waals surface area contributed by atoms with Crippen LogP contribution < -0.4 is 10.2 Å². The first-order chi connectivity index (χ1) is 9.33. The van der Waals surface area contributed by atoms with Crippen molar-refractivity contribution in [1.29, 1.82) is 0 Å². The molecule has 1 N–H and O–H groups in total. The van der Waals surface area contributed by atoms with Crippen molar-refractivity contribution in [2.45, 2.75) is 19.4 Å². The highest BCUT2D eigenvalue weighted by Crippen LogP contribution is 2.23. The van der Waals surface area contributed by atoms with Crippen LogP contribution in [0.1, 0.15) is 17.8 Å². The Bertz CT molecular complexity index is 551. The maximum atomic E-state index is 11.6. The molecule has 19 heavy (non-hydrogen) atoms. The standard InChI is InChI=1S/C14H15N3OS/c18-14-2-1-8-17(14)12-5-3-11(4-6-12)16-10-13-15-7-9-19-13/h3-7,9,16H,1-2,8,10H2. The Kier molecular flexibility index (Phi) is 3.46. The van der Waals surface area contributed by atoms with Gasteiger partial charge in [0.15, 0.2) is 0 Å². The topological polar surface area (TPSA) is 45.2 Å². The predicted molar refractivity (Wildman–Crippen MR) is 77.5 cm³/mol. The van der Waals surface area contributed by atoms with E-state index in [1.54, 1.807) is 11.3 Å². The summed E-state index contributed by atoms with van der Waals surface area (Å²) in [6.45, 7) is 1.57. The third kappa shape index (κ3) is 2.76. The summed E-state index contributed by atoms with van der Waals surface area (Å²) in [6.07, 6.45) is 3.44. The van der Waals surface area contributed by atoms with Crippen LogP contribution in [0.5, 0.6) is 0 Å². The molecule has 0 saturated carbocycles. The van der Waals surface area contributed by atoms with Crippen molar-refractivity contribution in [1.82, 2.24) is 4.98 Å². The number of aromatic nitrogens is 1. The van der Waals surface area contributed by atoms with E-state index in [0.29, 0.717) is 6.42 Å². The van der Waals surface area contributed by atoms with Crippen LogP contribution in [-0.2, 0) is 11.3 Å². The van der Waals surface area contributed by atoms with E-state index in [0.717, 1.165) is 35.9 Å². The fraction of sp³-hybridized carbons (Fsp3) is 0.286. The number of nitrogens with one attached hydrogen (secondary N) is 1. The molecule has 1 aromatic heterocycles. The van der Waals surface area contributed by atoms with Crippen molar-refractivity contribution >= 4 is 28.6 Å². The SMILES string of the molecule is O=C1CCCN1c1ccc(NCc2nccs2)cc1. The number of hydrogen-bond acceptors (Lipinski definition) is 4. The average molecular weight is 273 g/mol. The van der Waals surface area contributed by atoms with Crippen LogP contribution in [0.25, 0.3) is 0 Å². The van der Waals surface area contributed by atoms with Gasteiger partial charge in [0.25, 0.3) is 0 Å². The molecule has 0 bridgehead atoms. The Morgan fingerprint density at radius 3 is 2.79 bits per heavy atom. The Morgan fingerprint density at radius 1 is 1.32 bits per heavy atom. The molecule has 1 aliphatic rings. The van der Waals surface area contributed by atoms with Gasteiger partial charge in [-0.1, -0.05) is 0 Å². The number of rotatable bonds is 4. The van der Waals surface area contributed by atoms with E-state index in [-0.39, 0.29) is 5.91 Å². The van der Waals surface area contributed by atoms with Gasteiger partial charge in [-0.05, 0) is 30.7 Å². The lowest BCUT2D eigenvalue weighted by molar-refractivity contribution is -0.117. The van der Waals surface area contributed by atoms with Gasteiger partial charge in [0, 0.05) is 35.9 Å². The molecular weight excluding hydrogens is 258 g/mol. The number of benzene rings is 1. The van der Waals surface area contributed by atoms with E-state index < -0.39 is 0 Å². The molecule has 1 saturated heterocycles. The van der Waals surface area contributed by atoms with Crippen molar-refractivity contribution in [3.05, 3.63) is 40.8 Å². The minimum Gasteiger partial charge on any atom is -0.379 e. The summed E-state index contributed by atoms with van der Waals surface area (Å²) in [5.74, 6) is 0.225. The molecular formula is C14H15N3OS. The number of nitrogens with zero attached hydrogens (tertiary/aromatic N) is 2. The first-order valence-electron chi connectivity index (χ1n) is 6.35. The molecule has 0 unspecified atom stereocenters. The van der Waals surface area contributed by atoms with Crippen molar-refractivity contribution in [3.63, 3.8) is 0 Å². The molecule has 2 heterocycles. The molecule has 1 amide bonds. The van der Waals surface area contributed by atoms with Crippen molar-refractivity contribution in [2.24, 2.45) is 0 Å². The molecule has 0 aliphatic carbocycles. The van der Waals surface area contributed by atoms with Crippen LogP contribution in [0.3, 0.4) is 0 Å². The van der Waals surface area contributed by atoms with Crippen LogP contribution in [0.4, 0.5) is 11.4 Å². The number of carbonyl (C=O) groups is 1. The second kappa shape index (κ2) is 5.40. The van der Waals surface area contributed by atoms with Gasteiger partial charge in [-0.3, -0.25) is 4.79 Å². The second-order valence-corrected chi connectivity index (χ2v) is 5.45. The van der Waals surface area contributed by atoms with Gasteiger partial charge in [-0.15, -0.1) is 11.3 Å². The average Bonchev–Trinajstić information content (AvgIpc) is 3.08. The van der Waals surface area contributed by atoms with Crippen LogP contribution >= 0.6 is 11.3 Å². The maximum Gasteiger partial charge on any atom is 0.227 e. The quantitative estimate of drug-likeness (QED) is 0.931. The van der Waals surface area contributed by atoms with Gasteiger partial charge in [0.2, 0.25) is 5.91 Å². The van der Waals surface area contributed by atoms with Gasteiger partial charge >= 0.3 is 0 Å². The first-order valence-corrected chi connectivity index (χ1v) is 7.23. The molecule has 0 spiro atoms. The number of amides is 1. The molecule has 3 rings (SSSR count). The van der Waals surface area contributed by atoms with Crippen molar-refractivity contribution < 1.29 is 4.79 Å². The van der Waals surface area contributed by atoms with Crippen molar-refractivity contribution in [2.75, 3.05) is 16.8 Å². The zero-order chi connectivity index (χ0) is 13.1. The fourth-order valence-electron chi connectivity index (χ4n) is 2.20. The lowest BCUT2D eigenvalue weighted by Crippen LogP contribution is -2.23. The molecule has 2 aromatic rings. The van der Waals surface area contributed by atoms with E-state index in [2.05, 4.69) is 10.3 Å². The highest BCUT2D eigenvalue weighted by molar-refractivity contribution is 7.09. The fourth-order valence-corrected chi connectivity index (χ4v) is 2.75. The predicted octanol–water partition coefficient (Wildman–Crippen LogP) is 2.88. The van der Waals surface area contributed by atoms with E-state index in [4.69, 9.17) is 0 Å². The third-order valence-electron chi connectivity index (χ3n) is 3.18. The third-order valence-corrected chi connectivity index (χ3v) is 3.96. The first kappa shape index (κ1) is 12.2. The summed E-state index contributed by atoms with van der Waals surface area (Å²) in [5.41, 5.74) is 2.04. The van der Waals surface area contributed by atoms with Crippen LogP contribution in [0.15, 0.2) is 35.8 Å². The molecule has 5 heteroatoms. The Labute approximate surface area is 116 Å². The number of hydrogen-bond donors (Lipinski definition) is 1. The zero-order valence-corrected chi connectivity index (χ0v) is 11.3. The summed E-state index contributed by atoms with van der Waals surface area (Å²) in [4.78, 5) is 17.7. The number of carbonyl (C=O) groups excluding carboxylic acids is 1. The lowest BCUT2D eigenvalue weighted by atomic mass is 10.2. The van der Waals surface area contributed by atoms with Crippen LogP contribution in [-0.4, -0.2) is 17.4 Å². The minimum atomic E-state index is 0.225. The molecule has 0 radical (unpaired) electrons. The minimum absolute atomic E-state index is 0.225. The molecule has 1 aromatic carbocycles. The van der Waals surface area contributed by atoms with Gasteiger partial charge < -0.3 is 10.2 Å². The monoisotopic (exact) mass is 273 g/mol. The largest absolute Gasteiger partial charge is 0.379 e. The van der Waals surface area contributed by atoms with Gasteiger partial charge in [0.1, 0.15) is 5.01 Å². The normalized spacial score (nSPS) is 14.9. The lowest BCUT2D eigenvalue weighted by Gasteiger charge is -2.16. The van der Waals surface area contributed by atoms with E-state index in [1.165, 1.54) is 0 Å². The Balaban J connectivity index is 1.64. The van der Waals surface area contributed by atoms with E-state index in [1.807, 2.05) is 40.7 Å². The second-order valence-electron chi connectivity index (χ2n) is 4.48. The molecule has 1 fully saturated rings. The van der Waals surface area contributed by atoms with Crippen LogP contribution in [0, 0.1) is 0 Å². The summed E-state index contributed by atoms with van der Waals surface area (Å²) in [7, 11) is 0. The van der Waals surface area contributed by atoms with E-state index >= 15 is 0 Å². The molecule has 98 valence electrons. The summed E-state index contributed by atoms with van der Waals surface area (Å²) in [6, 6.07) is 8.00. The smallest absolute Gasteiger partial charge is 0.227 e. The number of anilines is 2. The number of thiazole rings is 1. The highest BCUT2D eigenvalue weighted by atomic mass is 32.1. The highest BCUT2D eigenvalue weighted by Gasteiger charge is 2.21. The van der Waals surface area contributed by atoms with Crippen molar-refractivity contribution in [3.8, 4) is 0 Å². The maximum absolute atomic E-state index is 11.6. The van der Waals surface area contributed by atoms with Gasteiger partial charge in [-0.25, -0.2) is 4.98 Å². The molecule has 0 atom stereocenters. The van der Waals surface area contributed by atoms with Gasteiger partial charge in [0.05, 0.1) is 6.54 Å². The molecule has 1 aliphatic heterocycles. The van der Waals surface area contributed by atoms with E-state index in [9.17, 15) is 4.79 Å². The van der Waals surface area contributed by atoms with Crippen LogP contribution in [0.2, 0.25) is 0 Å².